The zero-order valence-corrected chi connectivity index (χ0v) is 19.2. The summed E-state index contributed by atoms with van der Waals surface area (Å²) in [6.07, 6.45) is 5.48. The van der Waals surface area contributed by atoms with E-state index in [9.17, 15) is 14.4 Å². The number of rotatable bonds is 9. The summed E-state index contributed by atoms with van der Waals surface area (Å²) in [5.41, 5.74) is 0.332. The van der Waals surface area contributed by atoms with E-state index in [1.807, 2.05) is 37.3 Å². The Morgan fingerprint density at radius 2 is 1.76 bits per heavy atom. The minimum absolute atomic E-state index is 0.0153. The lowest BCUT2D eigenvalue weighted by molar-refractivity contribution is 0.0924. The summed E-state index contributed by atoms with van der Waals surface area (Å²) >= 11 is 0. The molecular weight excluding hydrogens is 434 g/mol. The van der Waals surface area contributed by atoms with E-state index in [1.165, 1.54) is 12.4 Å². The standard InChI is InChI=1S/C26H29N3O5/c1-18-9-10-20(34-18)14-28-26(32)23-17-29(15-21-8-5-13-33-21)16-22(24(23)30)25(31)27-12-11-19-6-3-2-4-7-19/h2-4,6-7,9-10,16-17,21H,5,8,11-15H2,1H3,(H,27,31)(H,28,32). The lowest BCUT2D eigenvalue weighted by Gasteiger charge is -2.15. The van der Waals surface area contributed by atoms with Crippen LogP contribution in [-0.2, 0) is 24.2 Å². The summed E-state index contributed by atoms with van der Waals surface area (Å²) < 4.78 is 12.9. The molecule has 0 bridgehead atoms. The van der Waals surface area contributed by atoms with Crippen LogP contribution in [0.15, 0.2) is 64.1 Å². The summed E-state index contributed by atoms with van der Waals surface area (Å²) in [6, 6.07) is 13.3. The highest BCUT2D eigenvalue weighted by Gasteiger charge is 2.22. The van der Waals surface area contributed by atoms with Crippen LogP contribution in [0, 0.1) is 6.92 Å². The van der Waals surface area contributed by atoms with Gasteiger partial charge in [0.2, 0.25) is 5.43 Å². The Labute approximate surface area is 197 Å². The van der Waals surface area contributed by atoms with Gasteiger partial charge < -0.3 is 24.4 Å². The van der Waals surface area contributed by atoms with E-state index >= 15 is 0 Å². The molecule has 0 spiro atoms. The first-order chi connectivity index (χ1) is 16.5. The van der Waals surface area contributed by atoms with Gasteiger partial charge in [0, 0.05) is 32.1 Å². The van der Waals surface area contributed by atoms with Crippen molar-refractivity contribution in [3.8, 4) is 0 Å². The topological polar surface area (TPSA) is 103 Å². The number of hydrogen-bond donors (Lipinski definition) is 2. The number of furan rings is 1. The molecule has 1 aliphatic heterocycles. The number of nitrogens with zero attached hydrogens (tertiary/aromatic N) is 1. The molecule has 1 aromatic carbocycles. The Balaban J connectivity index is 1.51. The number of nitrogens with one attached hydrogen (secondary N) is 2. The van der Waals surface area contributed by atoms with E-state index in [0.717, 1.165) is 24.2 Å². The van der Waals surface area contributed by atoms with Gasteiger partial charge in [-0.05, 0) is 43.9 Å². The second-order valence-electron chi connectivity index (χ2n) is 8.43. The molecule has 0 aliphatic carbocycles. The maximum Gasteiger partial charge on any atom is 0.257 e. The van der Waals surface area contributed by atoms with Crippen molar-refractivity contribution >= 4 is 11.8 Å². The van der Waals surface area contributed by atoms with Crippen molar-refractivity contribution in [1.82, 2.24) is 15.2 Å². The fourth-order valence-electron chi connectivity index (χ4n) is 3.99. The van der Waals surface area contributed by atoms with E-state index in [1.54, 1.807) is 16.7 Å². The van der Waals surface area contributed by atoms with Gasteiger partial charge in [-0.15, -0.1) is 0 Å². The van der Waals surface area contributed by atoms with Gasteiger partial charge in [0.15, 0.2) is 0 Å². The minimum Gasteiger partial charge on any atom is -0.465 e. The van der Waals surface area contributed by atoms with Crippen molar-refractivity contribution < 1.29 is 18.7 Å². The van der Waals surface area contributed by atoms with Crippen LogP contribution in [0.2, 0.25) is 0 Å². The number of benzene rings is 1. The Bertz CT molecular complexity index is 1190. The number of pyridine rings is 1. The number of amides is 2. The molecule has 1 fully saturated rings. The molecule has 3 aromatic rings. The summed E-state index contributed by atoms with van der Waals surface area (Å²) in [4.78, 5) is 38.9. The van der Waals surface area contributed by atoms with Crippen molar-refractivity contribution in [1.29, 1.82) is 0 Å². The molecule has 1 unspecified atom stereocenters. The molecule has 3 heterocycles. The predicted octanol–water partition coefficient (Wildman–Crippen LogP) is 2.83. The van der Waals surface area contributed by atoms with Gasteiger partial charge in [-0.3, -0.25) is 14.4 Å². The quantitative estimate of drug-likeness (QED) is 0.508. The maximum absolute atomic E-state index is 13.1. The second kappa shape index (κ2) is 11.0. The van der Waals surface area contributed by atoms with Crippen molar-refractivity contribution in [2.45, 2.75) is 45.4 Å². The third kappa shape index (κ3) is 6.02. The van der Waals surface area contributed by atoms with Gasteiger partial charge >= 0.3 is 0 Å². The Morgan fingerprint density at radius 1 is 1.03 bits per heavy atom. The SMILES string of the molecule is Cc1ccc(CNC(=O)c2cn(CC3CCCO3)cc(C(=O)NCCc3ccccc3)c2=O)o1. The number of hydrogen-bond acceptors (Lipinski definition) is 5. The normalized spacial score (nSPS) is 15.3. The first kappa shape index (κ1) is 23.5. The number of aromatic nitrogens is 1. The molecule has 0 saturated carbocycles. The van der Waals surface area contributed by atoms with Crippen LogP contribution >= 0.6 is 0 Å². The van der Waals surface area contributed by atoms with Gasteiger partial charge in [-0.25, -0.2) is 0 Å². The highest BCUT2D eigenvalue weighted by molar-refractivity contribution is 5.99. The monoisotopic (exact) mass is 463 g/mol. The molecule has 1 atom stereocenters. The Kier molecular flexibility index (Phi) is 7.59. The Morgan fingerprint density at radius 3 is 2.41 bits per heavy atom. The average Bonchev–Trinajstić information content (AvgIpc) is 3.50. The van der Waals surface area contributed by atoms with Crippen molar-refractivity contribution in [3.63, 3.8) is 0 Å². The third-order valence-electron chi connectivity index (χ3n) is 5.77. The van der Waals surface area contributed by atoms with Crippen LogP contribution in [-0.4, -0.2) is 35.6 Å². The van der Waals surface area contributed by atoms with Crippen LogP contribution in [0.1, 0.15) is 50.6 Å². The summed E-state index contributed by atoms with van der Waals surface area (Å²) in [7, 11) is 0. The highest BCUT2D eigenvalue weighted by atomic mass is 16.5. The fraction of sp³-hybridized carbons (Fsp3) is 0.346. The van der Waals surface area contributed by atoms with E-state index in [-0.39, 0.29) is 23.8 Å². The molecule has 2 aromatic heterocycles. The predicted molar refractivity (Wildman–Crippen MR) is 127 cm³/mol. The molecule has 1 saturated heterocycles. The van der Waals surface area contributed by atoms with Crippen molar-refractivity contribution in [3.05, 3.63) is 93.3 Å². The molecule has 2 N–H and O–H groups in total. The van der Waals surface area contributed by atoms with Gasteiger partial charge in [0.05, 0.1) is 12.6 Å². The van der Waals surface area contributed by atoms with E-state index in [4.69, 9.17) is 9.15 Å². The van der Waals surface area contributed by atoms with Crippen molar-refractivity contribution in [2.24, 2.45) is 0 Å². The highest BCUT2D eigenvalue weighted by Crippen LogP contribution is 2.14. The zero-order valence-electron chi connectivity index (χ0n) is 19.2. The first-order valence-electron chi connectivity index (χ1n) is 11.5. The van der Waals surface area contributed by atoms with Crippen LogP contribution in [0.3, 0.4) is 0 Å². The smallest absolute Gasteiger partial charge is 0.257 e. The summed E-state index contributed by atoms with van der Waals surface area (Å²) in [6.45, 7) is 3.48. The second-order valence-corrected chi connectivity index (χ2v) is 8.43. The van der Waals surface area contributed by atoms with E-state index in [2.05, 4.69) is 10.6 Å². The van der Waals surface area contributed by atoms with Gasteiger partial charge in [-0.1, -0.05) is 30.3 Å². The molecule has 8 heteroatoms. The largest absolute Gasteiger partial charge is 0.465 e. The lowest BCUT2D eigenvalue weighted by Crippen LogP contribution is -2.36. The average molecular weight is 464 g/mol. The van der Waals surface area contributed by atoms with Crippen LogP contribution in [0.25, 0.3) is 0 Å². The molecule has 178 valence electrons. The number of aryl methyl sites for hydroxylation is 1. The van der Waals surface area contributed by atoms with Crippen molar-refractivity contribution in [2.75, 3.05) is 13.2 Å². The van der Waals surface area contributed by atoms with Crippen LogP contribution < -0.4 is 16.1 Å². The van der Waals surface area contributed by atoms with E-state index < -0.39 is 17.2 Å². The molecule has 1 aliphatic rings. The molecule has 0 radical (unpaired) electrons. The lowest BCUT2D eigenvalue weighted by atomic mass is 10.1. The summed E-state index contributed by atoms with van der Waals surface area (Å²) in [5, 5.41) is 5.52. The fourth-order valence-corrected chi connectivity index (χ4v) is 3.99. The van der Waals surface area contributed by atoms with Gasteiger partial charge in [0.25, 0.3) is 11.8 Å². The van der Waals surface area contributed by atoms with Gasteiger partial charge in [0.1, 0.15) is 22.6 Å². The zero-order chi connectivity index (χ0) is 23.9. The first-order valence-corrected chi connectivity index (χ1v) is 11.5. The Hall–Kier alpha value is -3.65. The number of carbonyl (C=O) groups is 2. The third-order valence-corrected chi connectivity index (χ3v) is 5.77. The number of carbonyl (C=O) groups excluding carboxylic acids is 2. The summed E-state index contributed by atoms with van der Waals surface area (Å²) in [5.74, 6) is 0.259. The molecule has 4 rings (SSSR count). The molecular formula is C26H29N3O5. The van der Waals surface area contributed by atoms with E-state index in [0.29, 0.717) is 31.9 Å². The van der Waals surface area contributed by atoms with Crippen LogP contribution in [0.4, 0.5) is 0 Å². The molecule has 2 amide bonds. The van der Waals surface area contributed by atoms with Gasteiger partial charge in [-0.2, -0.15) is 0 Å². The molecule has 34 heavy (non-hydrogen) atoms. The van der Waals surface area contributed by atoms with Crippen LogP contribution in [0.5, 0.6) is 0 Å². The minimum atomic E-state index is -0.603. The number of ether oxygens (including phenoxy) is 1. The molecule has 8 nitrogen and oxygen atoms in total. The maximum atomic E-state index is 13.1.